The monoisotopic (exact) mass is 270 g/mol. The van der Waals surface area contributed by atoms with Gasteiger partial charge in [0, 0.05) is 6.07 Å². The zero-order valence-corrected chi connectivity index (χ0v) is 10.0. The minimum atomic E-state index is -0.495. The largest absolute Gasteiger partial charge is 0.503 e. The zero-order chi connectivity index (χ0) is 12.4. The lowest BCUT2D eigenvalue weighted by atomic mass is 10.3. The zero-order valence-electron chi connectivity index (χ0n) is 8.52. The van der Waals surface area contributed by atoms with Crippen LogP contribution in [0.4, 0.5) is 0 Å². The van der Waals surface area contributed by atoms with Crippen LogP contribution in [0.1, 0.15) is 0 Å². The Hall–Kier alpha value is -1.58. The average molecular weight is 271 g/mol. The van der Waals surface area contributed by atoms with Gasteiger partial charge in [0.25, 0.3) is 0 Å². The lowest BCUT2D eigenvalue weighted by molar-refractivity contribution is 0.373. The Kier molecular flexibility index (Phi) is 3.31. The smallest absolute Gasteiger partial charge is 0.202 e. The van der Waals surface area contributed by atoms with Crippen molar-refractivity contribution in [1.29, 1.82) is 0 Å². The average Bonchev–Trinajstić information content (AvgIpc) is 2.35. The van der Waals surface area contributed by atoms with Gasteiger partial charge in [-0.1, -0.05) is 41.4 Å². The molecule has 0 heterocycles. The molecule has 0 aliphatic rings. The number of hydrogen-bond acceptors (Lipinski definition) is 3. The van der Waals surface area contributed by atoms with E-state index in [2.05, 4.69) is 0 Å². The molecule has 0 aromatic heterocycles. The number of halogens is 2. The second kappa shape index (κ2) is 4.73. The molecular formula is C12H8Cl2O3. The van der Waals surface area contributed by atoms with Crippen molar-refractivity contribution in [2.75, 3.05) is 0 Å². The minimum absolute atomic E-state index is 0.0445. The Bertz CT molecular complexity index is 541. The second-order valence-electron chi connectivity index (χ2n) is 3.28. The normalized spacial score (nSPS) is 10.2. The number of phenolic OH excluding ortho intramolecular Hbond substituents is 2. The third kappa shape index (κ3) is 2.40. The summed E-state index contributed by atoms with van der Waals surface area (Å²) in [6.07, 6.45) is 0. The molecule has 0 saturated heterocycles. The molecule has 2 rings (SSSR count). The van der Waals surface area contributed by atoms with Crippen LogP contribution in [0, 0.1) is 0 Å². The molecule has 5 heteroatoms. The first kappa shape index (κ1) is 11.9. The standard InChI is InChI=1S/C12H8Cl2O3/c13-8-6-9(11(15)12(16)10(8)14)17-7-4-2-1-3-5-7/h1-6,15-16H. The van der Waals surface area contributed by atoms with Crippen molar-refractivity contribution < 1.29 is 14.9 Å². The SMILES string of the molecule is Oc1c(Oc2ccccc2)cc(Cl)c(Cl)c1O. The van der Waals surface area contributed by atoms with Crippen LogP contribution in [0.3, 0.4) is 0 Å². The first-order valence-electron chi connectivity index (χ1n) is 4.72. The second-order valence-corrected chi connectivity index (χ2v) is 4.07. The summed E-state index contributed by atoms with van der Waals surface area (Å²) in [5.41, 5.74) is 0. The molecular weight excluding hydrogens is 263 g/mol. The van der Waals surface area contributed by atoms with Crippen molar-refractivity contribution in [1.82, 2.24) is 0 Å². The quantitative estimate of drug-likeness (QED) is 0.805. The van der Waals surface area contributed by atoms with Crippen LogP contribution < -0.4 is 4.74 Å². The van der Waals surface area contributed by atoms with Gasteiger partial charge in [0.05, 0.1) is 5.02 Å². The molecule has 2 aromatic rings. The van der Waals surface area contributed by atoms with Crippen molar-refractivity contribution in [2.45, 2.75) is 0 Å². The van der Waals surface area contributed by atoms with E-state index in [1.54, 1.807) is 24.3 Å². The van der Waals surface area contributed by atoms with Crippen molar-refractivity contribution in [3.63, 3.8) is 0 Å². The molecule has 0 bridgehead atoms. The summed E-state index contributed by atoms with van der Waals surface area (Å²) < 4.78 is 5.37. The molecule has 0 atom stereocenters. The summed E-state index contributed by atoms with van der Waals surface area (Å²) in [5, 5.41) is 19.1. The summed E-state index contributed by atoms with van der Waals surface area (Å²) in [6, 6.07) is 10.1. The fourth-order valence-electron chi connectivity index (χ4n) is 1.27. The molecule has 0 spiro atoms. The van der Waals surface area contributed by atoms with E-state index < -0.39 is 11.5 Å². The van der Waals surface area contributed by atoms with Gasteiger partial charge in [-0.2, -0.15) is 0 Å². The Labute approximate surface area is 108 Å². The first-order chi connectivity index (χ1) is 8.09. The summed E-state index contributed by atoms with van der Waals surface area (Å²) in [6.45, 7) is 0. The summed E-state index contributed by atoms with van der Waals surface area (Å²) in [7, 11) is 0. The van der Waals surface area contributed by atoms with Crippen molar-refractivity contribution >= 4 is 23.2 Å². The topological polar surface area (TPSA) is 49.7 Å². The van der Waals surface area contributed by atoms with Crippen molar-refractivity contribution in [3.8, 4) is 23.0 Å². The summed E-state index contributed by atoms with van der Waals surface area (Å²) >= 11 is 11.4. The summed E-state index contributed by atoms with van der Waals surface area (Å²) in [5.74, 6) is -0.378. The van der Waals surface area contributed by atoms with Gasteiger partial charge in [0.2, 0.25) is 5.75 Å². The molecule has 88 valence electrons. The third-order valence-corrected chi connectivity index (χ3v) is 2.88. The van der Waals surface area contributed by atoms with Gasteiger partial charge in [-0.15, -0.1) is 0 Å². The van der Waals surface area contributed by atoms with Gasteiger partial charge in [-0.05, 0) is 12.1 Å². The predicted molar refractivity (Wildman–Crippen MR) is 66.3 cm³/mol. The maximum Gasteiger partial charge on any atom is 0.202 e. The van der Waals surface area contributed by atoms with Crippen LogP contribution in [0.25, 0.3) is 0 Å². The highest BCUT2D eigenvalue weighted by Gasteiger charge is 2.16. The van der Waals surface area contributed by atoms with E-state index in [4.69, 9.17) is 27.9 Å². The van der Waals surface area contributed by atoms with Gasteiger partial charge >= 0.3 is 0 Å². The first-order valence-corrected chi connectivity index (χ1v) is 5.48. The highest BCUT2D eigenvalue weighted by molar-refractivity contribution is 6.43. The molecule has 3 nitrogen and oxygen atoms in total. The maximum atomic E-state index is 9.65. The lowest BCUT2D eigenvalue weighted by Crippen LogP contribution is -1.86. The minimum Gasteiger partial charge on any atom is -0.503 e. The number of aromatic hydroxyl groups is 2. The van der Waals surface area contributed by atoms with Crippen molar-refractivity contribution in [2.24, 2.45) is 0 Å². The molecule has 0 fully saturated rings. The van der Waals surface area contributed by atoms with Gasteiger partial charge < -0.3 is 14.9 Å². The van der Waals surface area contributed by atoms with Gasteiger partial charge in [-0.25, -0.2) is 0 Å². The van der Waals surface area contributed by atoms with E-state index in [1.165, 1.54) is 6.07 Å². The predicted octanol–water partition coefficient (Wildman–Crippen LogP) is 4.20. The van der Waals surface area contributed by atoms with Crippen LogP contribution in [0.15, 0.2) is 36.4 Å². The number of para-hydroxylation sites is 1. The number of ether oxygens (including phenoxy) is 1. The van der Waals surface area contributed by atoms with E-state index in [9.17, 15) is 10.2 Å². The maximum absolute atomic E-state index is 9.65. The van der Waals surface area contributed by atoms with Crippen LogP contribution in [0.2, 0.25) is 10.0 Å². The Balaban J connectivity index is 2.41. The van der Waals surface area contributed by atoms with E-state index in [-0.39, 0.29) is 15.8 Å². The van der Waals surface area contributed by atoms with Gasteiger partial charge in [-0.3, -0.25) is 0 Å². The lowest BCUT2D eigenvalue weighted by Gasteiger charge is -2.10. The Morgan fingerprint density at radius 3 is 2.24 bits per heavy atom. The molecule has 0 unspecified atom stereocenters. The number of phenols is 2. The molecule has 0 aliphatic heterocycles. The highest BCUT2D eigenvalue weighted by atomic mass is 35.5. The van der Waals surface area contributed by atoms with Crippen molar-refractivity contribution in [3.05, 3.63) is 46.4 Å². The van der Waals surface area contributed by atoms with Crippen LogP contribution >= 0.6 is 23.2 Å². The van der Waals surface area contributed by atoms with E-state index in [1.807, 2.05) is 6.07 Å². The fraction of sp³-hybridized carbons (Fsp3) is 0. The summed E-state index contributed by atoms with van der Waals surface area (Å²) in [4.78, 5) is 0. The fourth-order valence-corrected chi connectivity index (χ4v) is 1.61. The molecule has 2 aromatic carbocycles. The Morgan fingerprint density at radius 2 is 1.59 bits per heavy atom. The molecule has 0 amide bonds. The van der Waals surface area contributed by atoms with Gasteiger partial charge in [0.15, 0.2) is 11.5 Å². The van der Waals surface area contributed by atoms with Crippen LogP contribution in [0.5, 0.6) is 23.0 Å². The Morgan fingerprint density at radius 1 is 0.941 bits per heavy atom. The number of hydrogen-bond donors (Lipinski definition) is 2. The number of rotatable bonds is 2. The number of benzene rings is 2. The van der Waals surface area contributed by atoms with E-state index >= 15 is 0 Å². The van der Waals surface area contributed by atoms with E-state index in [0.29, 0.717) is 5.75 Å². The van der Waals surface area contributed by atoms with Crippen LogP contribution in [-0.2, 0) is 0 Å². The molecule has 0 radical (unpaired) electrons. The third-order valence-electron chi connectivity index (χ3n) is 2.10. The highest BCUT2D eigenvalue weighted by Crippen LogP contribution is 2.46. The molecule has 17 heavy (non-hydrogen) atoms. The van der Waals surface area contributed by atoms with Crippen LogP contribution in [-0.4, -0.2) is 10.2 Å². The molecule has 0 saturated carbocycles. The van der Waals surface area contributed by atoms with Gasteiger partial charge in [0.1, 0.15) is 10.8 Å². The molecule has 2 N–H and O–H groups in total. The molecule has 0 aliphatic carbocycles. The van der Waals surface area contributed by atoms with E-state index in [0.717, 1.165) is 0 Å².